The molecule has 0 aliphatic carbocycles. The smallest absolute Gasteiger partial charge is 0.140 e. The Morgan fingerprint density at radius 3 is 2.37 bits per heavy atom. The Kier molecular flexibility index (Phi) is 4.48. The third-order valence-electron chi connectivity index (χ3n) is 5.22. The molecule has 0 saturated carbocycles. The molecule has 30 heavy (non-hydrogen) atoms. The molecule has 1 aliphatic rings. The first-order chi connectivity index (χ1) is 14.7. The van der Waals surface area contributed by atoms with Gasteiger partial charge in [-0.1, -0.05) is 42.5 Å². The fraction of sp³-hybridized carbons (Fsp3) is 0.0833. The van der Waals surface area contributed by atoms with Gasteiger partial charge in [0.2, 0.25) is 0 Å². The van der Waals surface area contributed by atoms with Gasteiger partial charge in [0.1, 0.15) is 28.4 Å². The maximum absolute atomic E-state index is 11.3. The second kappa shape index (κ2) is 7.31. The van der Waals surface area contributed by atoms with Crippen LogP contribution in [0.5, 0.6) is 5.75 Å². The van der Waals surface area contributed by atoms with E-state index in [9.17, 15) is 5.11 Å². The van der Waals surface area contributed by atoms with Crippen LogP contribution in [0.25, 0.3) is 15.8 Å². The molecule has 5 nitrogen and oxygen atoms in total. The van der Waals surface area contributed by atoms with E-state index >= 15 is 0 Å². The van der Waals surface area contributed by atoms with E-state index in [1.165, 1.54) is 11.3 Å². The summed E-state index contributed by atoms with van der Waals surface area (Å²) in [4.78, 5) is 6.53. The summed E-state index contributed by atoms with van der Waals surface area (Å²) in [5.41, 5.74) is 3.05. The van der Waals surface area contributed by atoms with Gasteiger partial charge in [-0.2, -0.15) is 0 Å². The minimum atomic E-state index is -0.492. The molecule has 0 spiro atoms. The van der Waals surface area contributed by atoms with Crippen molar-refractivity contribution in [2.24, 2.45) is 0 Å². The predicted molar refractivity (Wildman–Crippen MR) is 122 cm³/mol. The van der Waals surface area contributed by atoms with E-state index in [2.05, 4.69) is 0 Å². The zero-order valence-electron chi connectivity index (χ0n) is 16.2. The molecule has 148 valence electrons. The molecule has 2 heterocycles. The normalized spacial score (nSPS) is 16.5. The van der Waals surface area contributed by atoms with Crippen LogP contribution in [0.3, 0.4) is 0 Å². The van der Waals surface area contributed by atoms with Crippen molar-refractivity contribution in [3.8, 4) is 5.75 Å². The standard InChI is InChI=1S/C24H19N3O2S/c1-29-17-13-11-16(12-14-17)27-21(15-7-3-2-4-8-15)22(28)20(23(27)25)24-26-18-9-5-6-10-19(18)30-24/h2-14,21,25,28H,1H3/t21-/m1/s1. The van der Waals surface area contributed by atoms with Crippen molar-refractivity contribution in [2.75, 3.05) is 12.0 Å². The molecule has 4 aromatic rings. The number of hydrogen-bond donors (Lipinski definition) is 2. The molecule has 0 saturated heterocycles. The molecular weight excluding hydrogens is 394 g/mol. The lowest BCUT2D eigenvalue weighted by Gasteiger charge is -2.27. The average molecular weight is 414 g/mol. The van der Waals surface area contributed by atoms with Gasteiger partial charge < -0.3 is 14.7 Å². The summed E-state index contributed by atoms with van der Waals surface area (Å²) in [7, 11) is 1.62. The Morgan fingerprint density at radius 1 is 0.967 bits per heavy atom. The number of nitrogens with zero attached hydrogens (tertiary/aromatic N) is 2. The van der Waals surface area contributed by atoms with Crippen molar-refractivity contribution < 1.29 is 9.84 Å². The van der Waals surface area contributed by atoms with Crippen LogP contribution >= 0.6 is 11.3 Å². The van der Waals surface area contributed by atoms with Gasteiger partial charge in [0, 0.05) is 5.69 Å². The minimum Gasteiger partial charge on any atom is -0.509 e. The van der Waals surface area contributed by atoms with Gasteiger partial charge in [0.15, 0.2) is 0 Å². The molecule has 1 atom stereocenters. The number of rotatable bonds is 4. The Morgan fingerprint density at radius 2 is 1.67 bits per heavy atom. The number of methoxy groups -OCH3 is 1. The Hall–Kier alpha value is -3.64. The van der Waals surface area contributed by atoms with Crippen LogP contribution in [-0.2, 0) is 0 Å². The SMILES string of the molecule is COc1ccc(N2C(=N)C(c3nc4ccccc4s3)=C(O)[C@H]2c2ccccc2)cc1. The lowest BCUT2D eigenvalue weighted by atomic mass is 10.0. The molecule has 6 heteroatoms. The van der Waals surface area contributed by atoms with E-state index in [0.29, 0.717) is 10.6 Å². The van der Waals surface area contributed by atoms with Crippen LogP contribution in [0.4, 0.5) is 5.69 Å². The molecule has 1 aromatic heterocycles. The third kappa shape index (κ3) is 2.93. The van der Waals surface area contributed by atoms with Gasteiger partial charge in [0.05, 0.1) is 22.9 Å². The van der Waals surface area contributed by atoms with Crippen LogP contribution in [0.1, 0.15) is 16.6 Å². The van der Waals surface area contributed by atoms with E-state index in [0.717, 1.165) is 27.2 Å². The van der Waals surface area contributed by atoms with Gasteiger partial charge in [-0.25, -0.2) is 4.98 Å². The van der Waals surface area contributed by atoms with Gasteiger partial charge in [-0.3, -0.25) is 5.41 Å². The van der Waals surface area contributed by atoms with E-state index in [-0.39, 0.29) is 11.6 Å². The molecule has 0 fully saturated rings. The van der Waals surface area contributed by atoms with Crippen molar-refractivity contribution in [1.29, 1.82) is 5.41 Å². The van der Waals surface area contributed by atoms with Crippen molar-refractivity contribution in [3.63, 3.8) is 0 Å². The number of anilines is 1. The molecule has 0 radical (unpaired) electrons. The maximum atomic E-state index is 11.3. The van der Waals surface area contributed by atoms with E-state index in [1.807, 2.05) is 83.8 Å². The number of amidine groups is 1. The van der Waals surface area contributed by atoms with Gasteiger partial charge in [-0.05, 0) is 42.0 Å². The third-order valence-corrected chi connectivity index (χ3v) is 6.28. The Bertz CT molecular complexity index is 1230. The Labute approximate surface area is 178 Å². The average Bonchev–Trinajstić information content (AvgIpc) is 3.32. The largest absolute Gasteiger partial charge is 0.509 e. The monoisotopic (exact) mass is 413 g/mol. The summed E-state index contributed by atoms with van der Waals surface area (Å²) >= 11 is 1.49. The molecule has 3 aromatic carbocycles. The second-order valence-corrected chi connectivity index (χ2v) is 8.01. The summed E-state index contributed by atoms with van der Waals surface area (Å²) in [6.07, 6.45) is 0. The van der Waals surface area contributed by atoms with E-state index in [4.69, 9.17) is 15.1 Å². The van der Waals surface area contributed by atoms with Crippen LogP contribution < -0.4 is 9.64 Å². The Balaban J connectivity index is 1.66. The van der Waals surface area contributed by atoms with Crippen LogP contribution in [0, 0.1) is 5.41 Å². The number of hydrogen-bond acceptors (Lipinski definition) is 5. The topological polar surface area (TPSA) is 69.4 Å². The number of ether oxygens (including phenoxy) is 1. The first-order valence-corrected chi connectivity index (χ1v) is 10.4. The first-order valence-electron chi connectivity index (χ1n) is 9.53. The van der Waals surface area contributed by atoms with Gasteiger partial charge >= 0.3 is 0 Å². The lowest BCUT2D eigenvalue weighted by Crippen LogP contribution is -2.29. The number of thiazole rings is 1. The summed E-state index contributed by atoms with van der Waals surface area (Å²) < 4.78 is 6.30. The summed E-state index contributed by atoms with van der Waals surface area (Å²) in [5, 5.41) is 20.9. The van der Waals surface area contributed by atoms with Crippen LogP contribution in [-0.4, -0.2) is 23.0 Å². The number of para-hydroxylation sites is 1. The lowest BCUT2D eigenvalue weighted by molar-refractivity contribution is 0.379. The highest BCUT2D eigenvalue weighted by molar-refractivity contribution is 7.19. The minimum absolute atomic E-state index is 0.140. The number of aliphatic hydroxyl groups excluding tert-OH is 1. The predicted octanol–water partition coefficient (Wildman–Crippen LogP) is 5.81. The zero-order chi connectivity index (χ0) is 20.7. The molecule has 1 aliphatic heterocycles. The fourth-order valence-electron chi connectivity index (χ4n) is 3.78. The van der Waals surface area contributed by atoms with Crippen molar-refractivity contribution >= 4 is 38.6 Å². The van der Waals surface area contributed by atoms with Crippen LogP contribution in [0.15, 0.2) is 84.6 Å². The van der Waals surface area contributed by atoms with Crippen molar-refractivity contribution in [2.45, 2.75) is 6.04 Å². The molecule has 0 unspecified atom stereocenters. The molecule has 0 bridgehead atoms. The first kappa shape index (κ1) is 18.4. The molecule has 0 amide bonds. The molecule has 2 N–H and O–H groups in total. The molecule has 5 rings (SSSR count). The number of aliphatic hydroxyl groups is 1. The number of nitrogens with one attached hydrogen (secondary N) is 1. The zero-order valence-corrected chi connectivity index (χ0v) is 17.1. The van der Waals surface area contributed by atoms with E-state index in [1.54, 1.807) is 7.11 Å². The number of benzene rings is 3. The number of aromatic nitrogens is 1. The van der Waals surface area contributed by atoms with E-state index < -0.39 is 6.04 Å². The maximum Gasteiger partial charge on any atom is 0.140 e. The molecular formula is C24H19N3O2S. The summed E-state index contributed by atoms with van der Waals surface area (Å²) in [5.74, 6) is 1.11. The highest BCUT2D eigenvalue weighted by Crippen LogP contribution is 2.45. The quantitative estimate of drug-likeness (QED) is 0.443. The summed E-state index contributed by atoms with van der Waals surface area (Å²) in [6, 6.07) is 24.6. The van der Waals surface area contributed by atoms with Gasteiger partial charge in [-0.15, -0.1) is 11.3 Å². The van der Waals surface area contributed by atoms with Gasteiger partial charge in [0.25, 0.3) is 0 Å². The van der Waals surface area contributed by atoms with Crippen molar-refractivity contribution in [3.05, 3.63) is 95.2 Å². The highest BCUT2D eigenvalue weighted by Gasteiger charge is 2.40. The highest BCUT2D eigenvalue weighted by atomic mass is 32.1. The summed E-state index contributed by atoms with van der Waals surface area (Å²) in [6.45, 7) is 0. The van der Waals surface area contributed by atoms with Crippen molar-refractivity contribution in [1.82, 2.24) is 4.98 Å². The van der Waals surface area contributed by atoms with Crippen LogP contribution in [0.2, 0.25) is 0 Å². The number of fused-ring (bicyclic) bond motifs is 1. The fourth-order valence-corrected chi connectivity index (χ4v) is 4.80. The second-order valence-electron chi connectivity index (χ2n) is 6.98.